The van der Waals surface area contributed by atoms with Crippen LogP contribution in [-0.2, 0) is 0 Å². The zero-order chi connectivity index (χ0) is 14.0. The number of piperidine rings is 1. The summed E-state index contributed by atoms with van der Waals surface area (Å²) in [6.07, 6.45) is 6.03. The van der Waals surface area contributed by atoms with Gasteiger partial charge in [0.1, 0.15) is 11.6 Å². The topological polar surface area (TPSA) is 15.3 Å². The van der Waals surface area contributed by atoms with Crippen molar-refractivity contribution in [2.45, 2.75) is 32.1 Å². The molecule has 0 radical (unpaired) electrons. The van der Waals surface area contributed by atoms with Gasteiger partial charge in [0.05, 0.1) is 0 Å². The predicted octanol–water partition coefficient (Wildman–Crippen LogP) is 3.32. The van der Waals surface area contributed by atoms with Crippen molar-refractivity contribution in [3.63, 3.8) is 0 Å². The van der Waals surface area contributed by atoms with Gasteiger partial charge in [0.25, 0.3) is 0 Å². The minimum absolute atomic E-state index is 0.450. The van der Waals surface area contributed by atoms with Crippen molar-refractivity contribution in [1.29, 1.82) is 0 Å². The fourth-order valence-corrected chi connectivity index (χ4v) is 3.65. The molecule has 2 fully saturated rings. The highest BCUT2D eigenvalue weighted by atomic mass is 19.1. The van der Waals surface area contributed by atoms with Gasteiger partial charge in [0.2, 0.25) is 0 Å². The van der Waals surface area contributed by atoms with Crippen LogP contribution < -0.4 is 10.2 Å². The highest BCUT2D eigenvalue weighted by Crippen LogP contribution is 2.41. The lowest BCUT2D eigenvalue weighted by Crippen LogP contribution is -2.40. The van der Waals surface area contributed by atoms with Crippen LogP contribution in [0.1, 0.15) is 32.1 Å². The molecule has 2 aliphatic heterocycles. The van der Waals surface area contributed by atoms with Crippen molar-refractivity contribution in [2.24, 2.45) is 5.41 Å². The molecular formula is C16H22F2N2. The first-order valence-electron chi connectivity index (χ1n) is 7.59. The van der Waals surface area contributed by atoms with E-state index in [0.717, 1.165) is 45.1 Å². The van der Waals surface area contributed by atoms with Gasteiger partial charge in [-0.15, -0.1) is 0 Å². The normalized spacial score (nSPS) is 22.8. The summed E-state index contributed by atoms with van der Waals surface area (Å²) in [5.74, 6) is -0.974. The predicted molar refractivity (Wildman–Crippen MR) is 77.0 cm³/mol. The smallest absolute Gasteiger partial charge is 0.128 e. The van der Waals surface area contributed by atoms with E-state index in [9.17, 15) is 8.78 Å². The minimum atomic E-state index is -0.487. The molecule has 0 aromatic heterocycles. The first-order valence-corrected chi connectivity index (χ1v) is 7.59. The van der Waals surface area contributed by atoms with Gasteiger partial charge in [-0.05, 0) is 62.7 Å². The Bertz CT molecular complexity index is 437. The number of hydrogen-bond donors (Lipinski definition) is 1. The van der Waals surface area contributed by atoms with Gasteiger partial charge in [0.15, 0.2) is 0 Å². The number of rotatable bonds is 1. The summed E-state index contributed by atoms with van der Waals surface area (Å²) in [4.78, 5) is 2.12. The Kier molecular flexibility index (Phi) is 3.92. The maximum atomic E-state index is 13.3. The highest BCUT2D eigenvalue weighted by molar-refractivity contribution is 5.47. The van der Waals surface area contributed by atoms with Gasteiger partial charge >= 0.3 is 0 Å². The molecule has 2 aliphatic rings. The molecule has 1 aromatic rings. The van der Waals surface area contributed by atoms with Crippen molar-refractivity contribution in [3.8, 4) is 0 Å². The summed E-state index contributed by atoms with van der Waals surface area (Å²) in [6.45, 7) is 4.04. The molecular weight excluding hydrogens is 258 g/mol. The molecule has 20 heavy (non-hydrogen) atoms. The number of nitrogens with zero attached hydrogens (tertiary/aromatic N) is 1. The molecule has 0 amide bonds. The van der Waals surface area contributed by atoms with Crippen molar-refractivity contribution >= 4 is 5.69 Å². The van der Waals surface area contributed by atoms with Crippen molar-refractivity contribution in [2.75, 3.05) is 31.1 Å². The van der Waals surface area contributed by atoms with Crippen LogP contribution >= 0.6 is 0 Å². The van der Waals surface area contributed by atoms with E-state index in [0.29, 0.717) is 11.1 Å². The van der Waals surface area contributed by atoms with Gasteiger partial charge in [-0.3, -0.25) is 0 Å². The van der Waals surface area contributed by atoms with Gasteiger partial charge in [-0.25, -0.2) is 8.78 Å². The summed E-state index contributed by atoms with van der Waals surface area (Å²) in [7, 11) is 0. The molecule has 2 nitrogen and oxygen atoms in total. The van der Waals surface area contributed by atoms with E-state index >= 15 is 0 Å². The minimum Gasteiger partial charge on any atom is -0.371 e. The quantitative estimate of drug-likeness (QED) is 0.849. The largest absolute Gasteiger partial charge is 0.371 e. The fraction of sp³-hybridized carbons (Fsp3) is 0.625. The monoisotopic (exact) mass is 280 g/mol. The lowest BCUT2D eigenvalue weighted by Gasteiger charge is -2.42. The first-order chi connectivity index (χ1) is 9.67. The van der Waals surface area contributed by atoms with E-state index in [1.807, 2.05) is 0 Å². The lowest BCUT2D eigenvalue weighted by atomic mass is 9.73. The van der Waals surface area contributed by atoms with Gasteiger partial charge in [-0.1, -0.05) is 0 Å². The Morgan fingerprint density at radius 1 is 0.900 bits per heavy atom. The third kappa shape index (κ3) is 2.95. The molecule has 0 bridgehead atoms. The van der Waals surface area contributed by atoms with Crippen molar-refractivity contribution in [3.05, 3.63) is 29.8 Å². The molecule has 2 heterocycles. The highest BCUT2D eigenvalue weighted by Gasteiger charge is 2.34. The van der Waals surface area contributed by atoms with Crippen LogP contribution in [0.3, 0.4) is 0 Å². The number of halogens is 2. The maximum absolute atomic E-state index is 13.3. The number of nitrogens with one attached hydrogen (secondary N) is 1. The van der Waals surface area contributed by atoms with Crippen LogP contribution in [0.15, 0.2) is 18.2 Å². The van der Waals surface area contributed by atoms with Crippen molar-refractivity contribution in [1.82, 2.24) is 5.32 Å². The van der Waals surface area contributed by atoms with E-state index in [1.54, 1.807) is 0 Å². The average molecular weight is 280 g/mol. The second-order valence-corrected chi connectivity index (χ2v) is 6.22. The molecule has 0 aliphatic carbocycles. The van der Waals surface area contributed by atoms with Crippen LogP contribution in [0.5, 0.6) is 0 Å². The second kappa shape index (κ2) is 5.68. The zero-order valence-electron chi connectivity index (χ0n) is 11.8. The number of benzene rings is 1. The first kappa shape index (κ1) is 13.8. The third-order valence-corrected chi connectivity index (χ3v) is 4.93. The van der Waals surface area contributed by atoms with Gasteiger partial charge in [-0.2, -0.15) is 0 Å². The van der Waals surface area contributed by atoms with E-state index < -0.39 is 11.6 Å². The summed E-state index contributed by atoms with van der Waals surface area (Å²) < 4.78 is 26.6. The lowest BCUT2D eigenvalue weighted by molar-refractivity contribution is 0.191. The Morgan fingerprint density at radius 2 is 1.60 bits per heavy atom. The summed E-state index contributed by atoms with van der Waals surface area (Å²) in [5, 5.41) is 3.46. The Hall–Kier alpha value is -1.16. The van der Waals surface area contributed by atoms with Crippen LogP contribution in [0.25, 0.3) is 0 Å². The summed E-state index contributed by atoms with van der Waals surface area (Å²) in [5.41, 5.74) is 1.13. The van der Waals surface area contributed by atoms with E-state index in [2.05, 4.69) is 10.2 Å². The molecule has 110 valence electrons. The van der Waals surface area contributed by atoms with Gasteiger partial charge in [0, 0.05) is 24.8 Å². The van der Waals surface area contributed by atoms with Crippen LogP contribution in [0, 0.1) is 17.0 Å². The molecule has 1 spiro atoms. The van der Waals surface area contributed by atoms with E-state index in [-0.39, 0.29) is 0 Å². The maximum Gasteiger partial charge on any atom is 0.128 e. The summed E-state index contributed by atoms with van der Waals surface area (Å²) in [6, 6.07) is 3.82. The van der Waals surface area contributed by atoms with Crippen LogP contribution in [0.2, 0.25) is 0 Å². The third-order valence-electron chi connectivity index (χ3n) is 4.93. The number of hydrogen-bond acceptors (Lipinski definition) is 2. The molecule has 0 saturated carbocycles. The Labute approximate surface area is 119 Å². The van der Waals surface area contributed by atoms with Crippen molar-refractivity contribution < 1.29 is 8.78 Å². The zero-order valence-corrected chi connectivity index (χ0v) is 11.8. The van der Waals surface area contributed by atoms with Gasteiger partial charge < -0.3 is 10.2 Å². The van der Waals surface area contributed by atoms with E-state index in [1.165, 1.54) is 31.4 Å². The summed E-state index contributed by atoms with van der Waals surface area (Å²) >= 11 is 0. The molecule has 0 atom stereocenters. The fourth-order valence-electron chi connectivity index (χ4n) is 3.65. The Balaban J connectivity index is 1.68. The molecule has 4 heteroatoms. The average Bonchev–Trinajstić information content (AvgIpc) is 2.64. The molecule has 1 N–H and O–H groups in total. The standard InChI is InChI=1S/C16H22F2N2/c17-13-10-14(18)12-15(11-13)20-8-4-16(5-9-20)2-1-6-19-7-3-16/h10-12,19H,1-9H2. The molecule has 2 saturated heterocycles. The second-order valence-electron chi connectivity index (χ2n) is 6.22. The van der Waals surface area contributed by atoms with Crippen LogP contribution in [-0.4, -0.2) is 26.2 Å². The SMILES string of the molecule is Fc1cc(F)cc(N2CCC3(CCCNCC3)CC2)c1. The van der Waals surface area contributed by atoms with Crippen LogP contribution in [0.4, 0.5) is 14.5 Å². The van der Waals surface area contributed by atoms with E-state index in [4.69, 9.17) is 0 Å². The Morgan fingerprint density at radius 3 is 2.30 bits per heavy atom. The molecule has 3 rings (SSSR count). The number of anilines is 1. The molecule has 0 unspecified atom stereocenters. The molecule has 1 aromatic carbocycles.